The van der Waals surface area contributed by atoms with E-state index in [9.17, 15) is 4.79 Å². The summed E-state index contributed by atoms with van der Waals surface area (Å²) in [7, 11) is 0. The van der Waals surface area contributed by atoms with E-state index in [2.05, 4.69) is 28.7 Å². The van der Waals surface area contributed by atoms with Gasteiger partial charge in [-0.1, -0.05) is 32.0 Å². The summed E-state index contributed by atoms with van der Waals surface area (Å²) >= 11 is 0. The number of fused-ring (bicyclic) bond motifs is 1. The van der Waals surface area contributed by atoms with E-state index < -0.39 is 5.97 Å². The van der Waals surface area contributed by atoms with Crippen LogP contribution in [0, 0.1) is 0 Å². The molecule has 0 N–H and O–H groups in total. The highest BCUT2D eigenvalue weighted by Crippen LogP contribution is 2.09. The van der Waals surface area contributed by atoms with Crippen LogP contribution in [0.3, 0.4) is 0 Å². The minimum absolute atomic E-state index is 0.114. The third-order valence-electron chi connectivity index (χ3n) is 3.21. The fourth-order valence-electron chi connectivity index (χ4n) is 1.94. The second kappa shape index (κ2) is 6.96. The van der Waals surface area contributed by atoms with Gasteiger partial charge in [0, 0.05) is 18.1 Å². The molecule has 0 aliphatic rings. The first-order valence-corrected chi connectivity index (χ1v) is 6.85. The van der Waals surface area contributed by atoms with Crippen LogP contribution in [0.25, 0.3) is 10.9 Å². The van der Waals surface area contributed by atoms with Crippen LogP contribution in [0.2, 0.25) is 0 Å². The van der Waals surface area contributed by atoms with Gasteiger partial charge in [0.25, 0.3) is 0 Å². The van der Waals surface area contributed by atoms with Crippen molar-refractivity contribution < 1.29 is 9.53 Å². The zero-order chi connectivity index (χ0) is 14.4. The summed E-state index contributed by atoms with van der Waals surface area (Å²) in [5, 5.41) is 0.909. The number of hydrogen-bond donors (Lipinski definition) is 0. The largest absolute Gasteiger partial charge is 0.458 e. The summed E-state index contributed by atoms with van der Waals surface area (Å²) in [6, 6.07) is 7.55. The third-order valence-corrected chi connectivity index (χ3v) is 3.21. The van der Waals surface area contributed by atoms with Gasteiger partial charge in [0.15, 0.2) is 0 Å². The Labute approximate surface area is 118 Å². The van der Waals surface area contributed by atoms with Crippen LogP contribution in [0.4, 0.5) is 0 Å². The predicted molar refractivity (Wildman–Crippen MR) is 77.6 cm³/mol. The Balaban J connectivity index is 1.97. The quantitative estimate of drug-likeness (QED) is 0.755. The Bertz CT molecular complexity index is 582. The van der Waals surface area contributed by atoms with Gasteiger partial charge < -0.3 is 9.64 Å². The lowest BCUT2D eigenvalue weighted by molar-refractivity contribution is 0.0453. The normalized spacial score (nSPS) is 10.9. The number of carbonyl (C=O) groups is 1. The van der Waals surface area contributed by atoms with E-state index in [1.165, 1.54) is 0 Å². The SMILES string of the molecule is CCN(CC)CCOC(=O)c1ncc2ccccc2n1. The highest BCUT2D eigenvalue weighted by Gasteiger charge is 2.11. The molecule has 0 saturated heterocycles. The van der Waals surface area contributed by atoms with Crippen LogP contribution >= 0.6 is 0 Å². The molecule has 2 aromatic rings. The van der Waals surface area contributed by atoms with E-state index in [0.29, 0.717) is 6.61 Å². The molecule has 0 unspecified atom stereocenters. The number of carbonyl (C=O) groups excluding carboxylic acids is 1. The topological polar surface area (TPSA) is 55.3 Å². The number of ether oxygens (including phenoxy) is 1. The summed E-state index contributed by atoms with van der Waals surface area (Å²) in [6.07, 6.45) is 1.64. The predicted octanol–water partition coefficient (Wildman–Crippen LogP) is 2.13. The Morgan fingerprint density at radius 1 is 1.25 bits per heavy atom. The van der Waals surface area contributed by atoms with Crippen molar-refractivity contribution in [3.63, 3.8) is 0 Å². The number of esters is 1. The molecule has 1 heterocycles. The smallest absolute Gasteiger partial charge is 0.376 e. The lowest BCUT2D eigenvalue weighted by Gasteiger charge is -2.17. The molecule has 106 valence electrons. The van der Waals surface area contributed by atoms with Gasteiger partial charge in [-0.3, -0.25) is 0 Å². The van der Waals surface area contributed by atoms with Gasteiger partial charge in [0.2, 0.25) is 5.82 Å². The van der Waals surface area contributed by atoms with Crippen molar-refractivity contribution >= 4 is 16.9 Å². The summed E-state index contributed by atoms with van der Waals surface area (Å²) in [6.45, 7) is 7.14. The number of rotatable bonds is 6. The maximum atomic E-state index is 11.9. The lowest BCUT2D eigenvalue weighted by atomic mass is 10.2. The van der Waals surface area contributed by atoms with E-state index in [0.717, 1.165) is 30.5 Å². The number of nitrogens with zero attached hydrogens (tertiary/aromatic N) is 3. The number of likely N-dealkylation sites (N-methyl/N-ethyl adjacent to an activating group) is 1. The second-order valence-electron chi connectivity index (χ2n) is 4.42. The average Bonchev–Trinajstić information content (AvgIpc) is 2.51. The third kappa shape index (κ3) is 3.51. The van der Waals surface area contributed by atoms with Crippen LogP contribution in [0.15, 0.2) is 30.5 Å². The number of para-hydroxylation sites is 1. The molecule has 20 heavy (non-hydrogen) atoms. The van der Waals surface area contributed by atoms with E-state index in [1.54, 1.807) is 6.20 Å². The molecule has 1 aromatic heterocycles. The molecule has 0 bridgehead atoms. The molecule has 5 heteroatoms. The van der Waals surface area contributed by atoms with Crippen molar-refractivity contribution in [1.82, 2.24) is 14.9 Å². The van der Waals surface area contributed by atoms with Gasteiger partial charge in [-0.2, -0.15) is 0 Å². The van der Waals surface area contributed by atoms with Crippen LogP contribution in [-0.2, 0) is 4.74 Å². The van der Waals surface area contributed by atoms with E-state index in [-0.39, 0.29) is 5.82 Å². The van der Waals surface area contributed by atoms with E-state index in [4.69, 9.17) is 4.74 Å². The van der Waals surface area contributed by atoms with Crippen molar-refractivity contribution in [3.05, 3.63) is 36.3 Å². The molecule has 0 atom stereocenters. The summed E-state index contributed by atoms with van der Waals surface area (Å²) in [5.41, 5.74) is 0.748. The minimum atomic E-state index is -0.470. The average molecular weight is 273 g/mol. The molecule has 1 aromatic carbocycles. The summed E-state index contributed by atoms with van der Waals surface area (Å²) in [4.78, 5) is 22.3. The van der Waals surface area contributed by atoms with Crippen molar-refractivity contribution in [3.8, 4) is 0 Å². The first-order valence-electron chi connectivity index (χ1n) is 6.85. The van der Waals surface area contributed by atoms with Gasteiger partial charge in [-0.05, 0) is 19.2 Å². The highest BCUT2D eigenvalue weighted by molar-refractivity contribution is 5.88. The minimum Gasteiger partial charge on any atom is -0.458 e. The van der Waals surface area contributed by atoms with E-state index in [1.807, 2.05) is 24.3 Å². The molecule has 0 fully saturated rings. The molecule has 2 rings (SSSR count). The Morgan fingerprint density at radius 2 is 2.00 bits per heavy atom. The molecule has 0 spiro atoms. The van der Waals surface area contributed by atoms with Crippen molar-refractivity contribution in [2.24, 2.45) is 0 Å². The van der Waals surface area contributed by atoms with Gasteiger partial charge >= 0.3 is 5.97 Å². The maximum absolute atomic E-state index is 11.9. The van der Waals surface area contributed by atoms with Gasteiger partial charge in [-0.25, -0.2) is 14.8 Å². The van der Waals surface area contributed by atoms with Gasteiger partial charge in [0.1, 0.15) is 6.61 Å². The van der Waals surface area contributed by atoms with Crippen LogP contribution in [0.1, 0.15) is 24.5 Å². The number of benzene rings is 1. The maximum Gasteiger partial charge on any atom is 0.376 e. The summed E-state index contributed by atoms with van der Waals surface area (Å²) < 4.78 is 5.21. The standard InChI is InChI=1S/C15H19N3O2/c1-3-18(4-2)9-10-20-15(19)14-16-11-12-7-5-6-8-13(12)17-14/h5-8,11H,3-4,9-10H2,1-2H3. The molecule has 5 nitrogen and oxygen atoms in total. The molecule has 0 saturated carbocycles. The number of hydrogen-bond acceptors (Lipinski definition) is 5. The fourth-order valence-corrected chi connectivity index (χ4v) is 1.94. The monoisotopic (exact) mass is 273 g/mol. The van der Waals surface area contributed by atoms with E-state index >= 15 is 0 Å². The molecule has 0 aliphatic carbocycles. The summed E-state index contributed by atoms with van der Waals surface area (Å²) in [5.74, 6) is -0.355. The Kier molecular flexibility index (Phi) is 5.01. The van der Waals surface area contributed by atoms with Gasteiger partial charge in [0.05, 0.1) is 5.52 Å². The highest BCUT2D eigenvalue weighted by atomic mass is 16.5. The van der Waals surface area contributed by atoms with Crippen LogP contribution < -0.4 is 0 Å². The fraction of sp³-hybridized carbons (Fsp3) is 0.400. The van der Waals surface area contributed by atoms with Crippen molar-refractivity contribution in [1.29, 1.82) is 0 Å². The number of aromatic nitrogens is 2. The van der Waals surface area contributed by atoms with Crippen LogP contribution in [0.5, 0.6) is 0 Å². The lowest BCUT2D eigenvalue weighted by Crippen LogP contribution is -2.28. The Morgan fingerprint density at radius 3 is 2.75 bits per heavy atom. The van der Waals surface area contributed by atoms with Gasteiger partial charge in [-0.15, -0.1) is 0 Å². The molecular formula is C15H19N3O2. The van der Waals surface area contributed by atoms with Crippen molar-refractivity contribution in [2.45, 2.75) is 13.8 Å². The molecule has 0 amide bonds. The zero-order valence-corrected chi connectivity index (χ0v) is 11.9. The molecular weight excluding hydrogens is 254 g/mol. The van der Waals surface area contributed by atoms with Crippen molar-refractivity contribution in [2.75, 3.05) is 26.2 Å². The zero-order valence-electron chi connectivity index (χ0n) is 11.9. The second-order valence-corrected chi connectivity index (χ2v) is 4.42. The van der Waals surface area contributed by atoms with Crippen LogP contribution in [-0.4, -0.2) is 47.1 Å². The molecule has 0 aliphatic heterocycles. The molecule has 0 radical (unpaired) electrons. The Hall–Kier alpha value is -2.01. The first kappa shape index (κ1) is 14.4. The first-order chi connectivity index (χ1) is 9.74.